The topological polar surface area (TPSA) is 150 Å². The Kier molecular flexibility index (Phi) is 4.98. The second-order valence-corrected chi connectivity index (χ2v) is 7.38. The maximum Gasteiger partial charge on any atom is 0.254 e. The zero-order valence-electron chi connectivity index (χ0n) is 16.2. The highest BCUT2D eigenvalue weighted by Crippen LogP contribution is 2.32. The van der Waals surface area contributed by atoms with Crippen LogP contribution in [0.5, 0.6) is 5.88 Å². The number of anilines is 1. The summed E-state index contributed by atoms with van der Waals surface area (Å²) in [6, 6.07) is 1.78. The highest BCUT2D eigenvalue weighted by Gasteiger charge is 2.45. The summed E-state index contributed by atoms with van der Waals surface area (Å²) >= 11 is 0. The molecule has 30 heavy (non-hydrogen) atoms. The van der Waals surface area contributed by atoms with Crippen molar-refractivity contribution in [2.24, 2.45) is 0 Å². The first-order valence-corrected chi connectivity index (χ1v) is 9.69. The van der Waals surface area contributed by atoms with E-state index in [4.69, 9.17) is 18.7 Å². The highest BCUT2D eigenvalue weighted by molar-refractivity contribution is 5.82. The number of rotatable bonds is 6. The number of ether oxygens (including phenoxy) is 3. The van der Waals surface area contributed by atoms with Gasteiger partial charge in [-0.25, -0.2) is 15.0 Å². The summed E-state index contributed by atoms with van der Waals surface area (Å²) in [7, 11) is 0. The molecule has 2 aliphatic rings. The molecule has 2 saturated heterocycles. The monoisotopic (exact) mass is 418 g/mol. The van der Waals surface area contributed by atoms with Crippen molar-refractivity contribution in [2.45, 2.75) is 43.9 Å². The molecule has 5 heterocycles. The van der Waals surface area contributed by atoms with Gasteiger partial charge in [0.2, 0.25) is 0 Å². The molecule has 12 nitrogen and oxygen atoms in total. The van der Waals surface area contributed by atoms with E-state index in [0.717, 1.165) is 6.42 Å². The van der Waals surface area contributed by atoms with E-state index in [-0.39, 0.29) is 18.5 Å². The summed E-state index contributed by atoms with van der Waals surface area (Å²) < 4.78 is 23.3. The molecule has 0 radical (unpaired) electrons. The molecule has 0 spiro atoms. The van der Waals surface area contributed by atoms with E-state index < -0.39 is 24.5 Å². The average Bonchev–Trinajstić information content (AvgIpc) is 3.52. The van der Waals surface area contributed by atoms with Gasteiger partial charge in [0.25, 0.3) is 5.88 Å². The van der Waals surface area contributed by atoms with Crippen molar-refractivity contribution in [3.63, 3.8) is 0 Å². The van der Waals surface area contributed by atoms with Gasteiger partial charge in [-0.3, -0.25) is 4.57 Å². The Morgan fingerprint density at radius 3 is 2.93 bits per heavy atom. The predicted molar refractivity (Wildman–Crippen MR) is 101 cm³/mol. The van der Waals surface area contributed by atoms with Gasteiger partial charge in [0.15, 0.2) is 23.2 Å². The largest absolute Gasteiger partial charge is 0.473 e. The van der Waals surface area contributed by atoms with Crippen molar-refractivity contribution in [3.8, 4) is 5.88 Å². The van der Waals surface area contributed by atoms with Gasteiger partial charge in [-0.2, -0.15) is 0 Å². The Hall–Kier alpha value is -2.80. The third-order valence-electron chi connectivity index (χ3n) is 5.24. The molecule has 0 aromatic carbocycles. The standard InChI is InChI=1S/C18H22N6O6/c1-9-4-12(23-30-9)28-6-11-14(25)15(26)18(29-11)24-8-21-13-16(19-7-20-17(13)24)22-10-2-3-27-5-10/h4,7-8,10-11,14-15,18,25-26H,2-3,5-6H2,1H3,(H,19,20,22)/t10?,11-,14-,15-,18-/m0/s1. The Labute approximate surface area is 170 Å². The third-order valence-corrected chi connectivity index (χ3v) is 5.24. The number of aliphatic hydroxyl groups excluding tert-OH is 2. The fraction of sp³-hybridized carbons (Fsp3) is 0.556. The highest BCUT2D eigenvalue weighted by atomic mass is 16.6. The first kappa shape index (κ1) is 19.2. The maximum atomic E-state index is 10.6. The number of aromatic nitrogens is 5. The molecule has 160 valence electrons. The molecule has 3 aromatic rings. The van der Waals surface area contributed by atoms with Gasteiger partial charge in [0.1, 0.15) is 37.0 Å². The zero-order valence-corrected chi connectivity index (χ0v) is 16.2. The smallest absolute Gasteiger partial charge is 0.254 e. The molecule has 0 saturated carbocycles. The zero-order chi connectivity index (χ0) is 20.7. The summed E-state index contributed by atoms with van der Waals surface area (Å²) in [5.41, 5.74) is 1.03. The molecule has 12 heteroatoms. The van der Waals surface area contributed by atoms with Crippen LogP contribution in [0.2, 0.25) is 0 Å². The summed E-state index contributed by atoms with van der Waals surface area (Å²) in [6.07, 6.45) is -0.176. The number of imidazole rings is 1. The van der Waals surface area contributed by atoms with Crippen molar-refractivity contribution in [2.75, 3.05) is 25.1 Å². The van der Waals surface area contributed by atoms with Crippen LogP contribution in [0.4, 0.5) is 5.82 Å². The lowest BCUT2D eigenvalue weighted by atomic mass is 10.1. The minimum Gasteiger partial charge on any atom is -0.473 e. The summed E-state index contributed by atoms with van der Waals surface area (Å²) in [4.78, 5) is 13.0. The minimum atomic E-state index is -1.19. The number of nitrogens with zero attached hydrogens (tertiary/aromatic N) is 5. The van der Waals surface area contributed by atoms with Crippen LogP contribution >= 0.6 is 0 Å². The number of hydrogen-bond donors (Lipinski definition) is 3. The minimum absolute atomic E-state index is 0.00318. The van der Waals surface area contributed by atoms with E-state index in [1.54, 1.807) is 17.6 Å². The molecular weight excluding hydrogens is 396 g/mol. The summed E-state index contributed by atoms with van der Waals surface area (Å²) in [6.45, 7) is 3.06. The predicted octanol–water partition coefficient (Wildman–Crippen LogP) is 0.0217. The van der Waals surface area contributed by atoms with E-state index >= 15 is 0 Å². The molecule has 3 aromatic heterocycles. The van der Waals surface area contributed by atoms with Gasteiger partial charge < -0.3 is 34.3 Å². The van der Waals surface area contributed by atoms with Crippen LogP contribution in [0.25, 0.3) is 11.2 Å². The van der Waals surface area contributed by atoms with Crippen molar-refractivity contribution in [1.29, 1.82) is 0 Å². The number of fused-ring (bicyclic) bond motifs is 1. The molecule has 0 aliphatic carbocycles. The van der Waals surface area contributed by atoms with E-state index in [1.165, 1.54) is 12.7 Å². The quantitative estimate of drug-likeness (QED) is 0.497. The van der Waals surface area contributed by atoms with Gasteiger partial charge >= 0.3 is 0 Å². The van der Waals surface area contributed by atoms with Crippen LogP contribution in [-0.2, 0) is 9.47 Å². The van der Waals surface area contributed by atoms with Crippen LogP contribution in [0.15, 0.2) is 23.2 Å². The summed E-state index contributed by atoms with van der Waals surface area (Å²) in [5.74, 6) is 1.48. The van der Waals surface area contributed by atoms with Gasteiger partial charge in [0, 0.05) is 12.7 Å². The van der Waals surface area contributed by atoms with Crippen molar-refractivity contribution in [3.05, 3.63) is 24.5 Å². The molecule has 2 fully saturated rings. The van der Waals surface area contributed by atoms with Crippen LogP contribution in [-0.4, -0.2) is 79.1 Å². The fourth-order valence-corrected chi connectivity index (χ4v) is 3.66. The van der Waals surface area contributed by atoms with Gasteiger partial charge in [-0.1, -0.05) is 0 Å². The van der Waals surface area contributed by atoms with Crippen molar-refractivity contribution >= 4 is 17.0 Å². The molecule has 5 atom stereocenters. The van der Waals surface area contributed by atoms with E-state index in [9.17, 15) is 10.2 Å². The van der Waals surface area contributed by atoms with Crippen LogP contribution in [0.1, 0.15) is 18.4 Å². The van der Waals surface area contributed by atoms with Crippen LogP contribution in [0, 0.1) is 6.92 Å². The Morgan fingerprint density at radius 2 is 2.17 bits per heavy atom. The average molecular weight is 418 g/mol. The lowest BCUT2D eigenvalue weighted by molar-refractivity contribution is -0.0481. The number of hydrogen-bond acceptors (Lipinski definition) is 11. The van der Waals surface area contributed by atoms with Crippen molar-refractivity contribution in [1.82, 2.24) is 24.7 Å². The molecule has 5 rings (SSSR count). The number of nitrogens with one attached hydrogen (secondary N) is 1. The lowest BCUT2D eigenvalue weighted by Crippen LogP contribution is -2.34. The van der Waals surface area contributed by atoms with E-state index in [0.29, 0.717) is 36.0 Å². The Bertz CT molecular complexity index is 1020. The fourth-order valence-electron chi connectivity index (χ4n) is 3.66. The van der Waals surface area contributed by atoms with Gasteiger partial charge in [-0.15, -0.1) is 0 Å². The Morgan fingerprint density at radius 1 is 1.27 bits per heavy atom. The van der Waals surface area contributed by atoms with E-state index in [1.807, 2.05) is 0 Å². The molecule has 1 unspecified atom stereocenters. The molecule has 0 amide bonds. The number of aryl methyl sites for hydroxylation is 1. The molecular formula is C18H22N6O6. The van der Waals surface area contributed by atoms with Crippen molar-refractivity contribution < 1.29 is 28.9 Å². The van der Waals surface area contributed by atoms with Crippen LogP contribution in [0.3, 0.4) is 0 Å². The first-order chi connectivity index (χ1) is 14.6. The Balaban J connectivity index is 1.34. The SMILES string of the molecule is Cc1cc(OC[C@@H]2O[C@H](n3cnc4c(NC5CCOC5)ncnc43)[C@@H](O)[C@H]2O)no1. The second-order valence-electron chi connectivity index (χ2n) is 7.38. The third kappa shape index (κ3) is 3.47. The van der Waals surface area contributed by atoms with Gasteiger partial charge in [0.05, 0.1) is 19.0 Å². The molecule has 3 N–H and O–H groups in total. The molecule has 2 aliphatic heterocycles. The normalized spacial score (nSPS) is 29.0. The second kappa shape index (κ2) is 7.80. The maximum absolute atomic E-state index is 10.6. The lowest BCUT2D eigenvalue weighted by Gasteiger charge is -2.17. The summed E-state index contributed by atoms with van der Waals surface area (Å²) in [5, 5.41) is 28.1. The molecule has 0 bridgehead atoms. The van der Waals surface area contributed by atoms with Gasteiger partial charge in [-0.05, 0) is 18.5 Å². The van der Waals surface area contributed by atoms with E-state index in [2.05, 4.69) is 25.4 Å². The van der Waals surface area contributed by atoms with Crippen LogP contribution < -0.4 is 10.1 Å². The first-order valence-electron chi connectivity index (χ1n) is 9.69. The number of aliphatic hydroxyl groups is 2.